The average Bonchev–Trinajstić information content (AvgIpc) is 3.16. The number of aliphatic hydroxyl groups excluding tert-OH is 1. The van der Waals surface area contributed by atoms with E-state index < -0.39 is 12.0 Å². The van der Waals surface area contributed by atoms with Crippen LogP contribution in [0.1, 0.15) is 28.3 Å². The van der Waals surface area contributed by atoms with Gasteiger partial charge in [-0.1, -0.05) is 0 Å². The molecule has 2 heterocycles. The summed E-state index contributed by atoms with van der Waals surface area (Å²) in [5, 5.41) is 11.1. The van der Waals surface area contributed by atoms with Gasteiger partial charge in [-0.3, -0.25) is 4.79 Å². The molecule has 0 spiro atoms. The minimum absolute atomic E-state index is 0.197. The predicted octanol–water partition coefficient (Wildman–Crippen LogP) is 2.12. The van der Waals surface area contributed by atoms with Crippen molar-refractivity contribution in [3.05, 3.63) is 41.4 Å². The summed E-state index contributed by atoms with van der Waals surface area (Å²) in [7, 11) is 0. The molecule has 3 N–H and O–H groups in total. The number of benzene rings is 1. The van der Waals surface area contributed by atoms with Crippen LogP contribution in [0.4, 0.5) is 0 Å². The second-order valence-electron chi connectivity index (χ2n) is 5.83. The van der Waals surface area contributed by atoms with Gasteiger partial charge in [0.25, 0.3) is 5.91 Å². The third-order valence-corrected chi connectivity index (χ3v) is 4.68. The van der Waals surface area contributed by atoms with Crippen LogP contribution in [-0.4, -0.2) is 38.3 Å². The first kappa shape index (κ1) is 17.4. The molecule has 1 aromatic carbocycles. The van der Waals surface area contributed by atoms with Crippen LogP contribution in [0.5, 0.6) is 5.75 Å². The van der Waals surface area contributed by atoms with Crippen LogP contribution in [0.3, 0.4) is 0 Å². The molecule has 25 heavy (non-hydrogen) atoms. The lowest BCUT2D eigenvalue weighted by Gasteiger charge is -2.11. The minimum Gasteiger partial charge on any atom is -0.494 e. The number of aromatic nitrogens is 3. The molecule has 0 radical (unpaired) electrons. The van der Waals surface area contributed by atoms with E-state index in [0.717, 1.165) is 21.0 Å². The van der Waals surface area contributed by atoms with E-state index in [1.54, 1.807) is 15.9 Å². The lowest BCUT2D eigenvalue weighted by molar-refractivity contribution is 0.0995. The van der Waals surface area contributed by atoms with Crippen LogP contribution >= 0.6 is 11.3 Å². The zero-order valence-corrected chi connectivity index (χ0v) is 14.7. The second-order valence-corrected chi connectivity index (χ2v) is 7.06. The number of nitrogens with zero attached hydrogens (tertiary/aromatic N) is 3. The first-order valence-corrected chi connectivity index (χ1v) is 8.82. The summed E-state index contributed by atoms with van der Waals surface area (Å²) < 4.78 is 8.54. The first-order chi connectivity index (χ1) is 12.0. The Morgan fingerprint density at radius 3 is 3.08 bits per heavy atom. The van der Waals surface area contributed by atoms with Crippen molar-refractivity contribution in [3.8, 4) is 5.75 Å². The molecule has 0 fully saturated rings. The molecule has 8 heteroatoms. The number of nitrogens with two attached hydrogens (primary N) is 1. The molecule has 7 nitrogen and oxygen atoms in total. The van der Waals surface area contributed by atoms with Gasteiger partial charge in [0, 0.05) is 18.8 Å². The Kier molecular flexibility index (Phi) is 5.30. The summed E-state index contributed by atoms with van der Waals surface area (Å²) in [5.74, 6) is 0.210. The minimum atomic E-state index is -0.575. The van der Waals surface area contributed by atoms with Gasteiger partial charge < -0.3 is 20.1 Å². The number of thiazole rings is 1. The molecule has 0 bridgehead atoms. The molecule has 1 atom stereocenters. The standard InChI is InChI=1S/C17H20N4O3S/c1-11-20-14-7-13(4-5-16(14)25-11)24-6-2-3-12(22)8-21-9-15(17(18)23)19-10-21/h4-5,7,9-10,12,22H,2-3,6,8H2,1H3,(H2,18,23). The molecule has 0 aliphatic carbocycles. The fraction of sp³-hybridized carbons (Fsp3) is 0.353. The SMILES string of the molecule is Cc1nc2cc(OCCCC(O)Cn3cnc(C(N)=O)c3)ccc2s1. The summed E-state index contributed by atoms with van der Waals surface area (Å²) in [6, 6.07) is 5.89. The Labute approximate surface area is 149 Å². The maximum Gasteiger partial charge on any atom is 0.268 e. The number of aliphatic hydroxyl groups is 1. The maximum atomic E-state index is 11.0. The van der Waals surface area contributed by atoms with Gasteiger partial charge in [0.1, 0.15) is 11.4 Å². The number of hydrogen-bond donors (Lipinski definition) is 2. The number of carbonyl (C=O) groups is 1. The highest BCUT2D eigenvalue weighted by atomic mass is 32.1. The van der Waals surface area contributed by atoms with Crippen molar-refractivity contribution in [2.75, 3.05) is 6.61 Å². The summed E-state index contributed by atoms with van der Waals surface area (Å²) in [4.78, 5) is 19.3. The lowest BCUT2D eigenvalue weighted by atomic mass is 10.2. The quantitative estimate of drug-likeness (QED) is 0.599. The molecule has 0 aliphatic heterocycles. The molecule has 1 amide bonds. The Balaban J connectivity index is 1.42. The van der Waals surface area contributed by atoms with E-state index in [4.69, 9.17) is 10.5 Å². The normalized spacial score (nSPS) is 12.4. The Bertz CT molecular complexity index is 874. The van der Waals surface area contributed by atoms with Gasteiger partial charge >= 0.3 is 0 Å². The summed E-state index contributed by atoms with van der Waals surface area (Å²) in [6.45, 7) is 2.87. The number of rotatable bonds is 8. The first-order valence-electron chi connectivity index (χ1n) is 8.01. The topological polar surface area (TPSA) is 103 Å². The van der Waals surface area contributed by atoms with Crippen LogP contribution in [-0.2, 0) is 6.54 Å². The number of aryl methyl sites for hydroxylation is 1. The highest BCUT2D eigenvalue weighted by molar-refractivity contribution is 7.18. The monoisotopic (exact) mass is 360 g/mol. The Morgan fingerprint density at radius 1 is 1.48 bits per heavy atom. The predicted molar refractivity (Wildman–Crippen MR) is 95.8 cm³/mol. The molecule has 3 rings (SSSR count). The fourth-order valence-corrected chi connectivity index (χ4v) is 3.35. The van der Waals surface area contributed by atoms with Crippen LogP contribution in [0.15, 0.2) is 30.7 Å². The maximum absolute atomic E-state index is 11.0. The van der Waals surface area contributed by atoms with Crippen LogP contribution < -0.4 is 10.5 Å². The molecular weight excluding hydrogens is 340 g/mol. The van der Waals surface area contributed by atoms with Crippen molar-refractivity contribution in [1.29, 1.82) is 0 Å². The molecule has 2 aromatic heterocycles. The van der Waals surface area contributed by atoms with Crippen molar-refractivity contribution in [2.45, 2.75) is 32.4 Å². The summed E-state index contributed by atoms with van der Waals surface area (Å²) >= 11 is 1.66. The van der Waals surface area contributed by atoms with Crippen LogP contribution in [0.2, 0.25) is 0 Å². The summed E-state index contributed by atoms with van der Waals surface area (Å²) in [6.07, 6.45) is 3.79. The molecule has 1 unspecified atom stereocenters. The molecular formula is C17H20N4O3S. The largest absolute Gasteiger partial charge is 0.494 e. The number of imidazole rings is 1. The number of fused-ring (bicyclic) bond motifs is 1. The highest BCUT2D eigenvalue weighted by Gasteiger charge is 2.09. The van der Waals surface area contributed by atoms with Gasteiger partial charge in [-0.15, -0.1) is 11.3 Å². The number of primary amides is 1. The molecule has 0 aliphatic rings. The fourth-order valence-electron chi connectivity index (χ4n) is 2.54. The van der Waals surface area contributed by atoms with Crippen LogP contribution in [0, 0.1) is 6.92 Å². The zero-order valence-electron chi connectivity index (χ0n) is 13.9. The molecule has 3 aromatic rings. The Morgan fingerprint density at radius 2 is 2.32 bits per heavy atom. The highest BCUT2D eigenvalue weighted by Crippen LogP contribution is 2.25. The number of amides is 1. The van der Waals surface area contributed by atoms with Gasteiger partial charge in [0.2, 0.25) is 0 Å². The third-order valence-electron chi connectivity index (χ3n) is 3.72. The van der Waals surface area contributed by atoms with Crippen molar-refractivity contribution >= 4 is 27.5 Å². The lowest BCUT2D eigenvalue weighted by Crippen LogP contribution is -2.16. The van der Waals surface area contributed by atoms with Crippen molar-refractivity contribution in [1.82, 2.24) is 14.5 Å². The van der Waals surface area contributed by atoms with Gasteiger partial charge in [0.15, 0.2) is 0 Å². The van der Waals surface area contributed by atoms with Crippen LogP contribution in [0.25, 0.3) is 10.2 Å². The molecule has 0 saturated carbocycles. The van der Waals surface area contributed by atoms with Gasteiger partial charge in [-0.25, -0.2) is 9.97 Å². The average molecular weight is 360 g/mol. The van der Waals surface area contributed by atoms with Gasteiger partial charge in [-0.05, 0) is 31.9 Å². The van der Waals surface area contributed by atoms with E-state index in [1.807, 2.05) is 25.1 Å². The zero-order chi connectivity index (χ0) is 17.8. The van der Waals surface area contributed by atoms with E-state index in [0.29, 0.717) is 26.0 Å². The number of hydrogen-bond acceptors (Lipinski definition) is 6. The molecule has 132 valence electrons. The van der Waals surface area contributed by atoms with E-state index in [2.05, 4.69) is 9.97 Å². The van der Waals surface area contributed by atoms with Gasteiger partial charge in [0.05, 0.1) is 34.3 Å². The molecule has 0 saturated heterocycles. The Hall–Kier alpha value is -2.45. The van der Waals surface area contributed by atoms with Gasteiger partial charge in [-0.2, -0.15) is 0 Å². The van der Waals surface area contributed by atoms with E-state index in [9.17, 15) is 9.90 Å². The number of carbonyl (C=O) groups excluding carboxylic acids is 1. The third kappa shape index (κ3) is 4.55. The summed E-state index contributed by atoms with van der Waals surface area (Å²) in [5.41, 5.74) is 6.30. The van der Waals surface area contributed by atoms with Crippen molar-refractivity contribution < 1.29 is 14.6 Å². The van der Waals surface area contributed by atoms with Crippen molar-refractivity contribution in [2.24, 2.45) is 5.73 Å². The van der Waals surface area contributed by atoms with E-state index in [1.165, 1.54) is 12.5 Å². The smallest absolute Gasteiger partial charge is 0.268 e. The van der Waals surface area contributed by atoms with E-state index >= 15 is 0 Å². The second kappa shape index (κ2) is 7.62. The van der Waals surface area contributed by atoms with Crippen molar-refractivity contribution in [3.63, 3.8) is 0 Å². The number of ether oxygens (including phenoxy) is 1. The van der Waals surface area contributed by atoms with E-state index in [-0.39, 0.29) is 5.69 Å².